The Morgan fingerprint density at radius 1 is 1.60 bits per heavy atom. The van der Waals surface area contributed by atoms with Crippen LogP contribution in [0.2, 0.25) is 0 Å². The minimum atomic E-state index is -1.29. The monoisotopic (exact) mass is 357 g/mol. The van der Waals surface area contributed by atoms with Gasteiger partial charge in [-0.1, -0.05) is 15.9 Å². The van der Waals surface area contributed by atoms with E-state index in [9.17, 15) is 14.7 Å². The van der Waals surface area contributed by atoms with E-state index in [1.54, 1.807) is 0 Å². The van der Waals surface area contributed by atoms with Gasteiger partial charge >= 0.3 is 5.97 Å². The molecule has 7 heteroatoms. The first kappa shape index (κ1) is 11.7. The van der Waals surface area contributed by atoms with Crippen LogP contribution in [-0.4, -0.2) is 41.3 Å². The molecule has 0 bridgehead atoms. The van der Waals surface area contributed by atoms with Gasteiger partial charge in [0, 0.05) is 0 Å². The first-order chi connectivity index (χ1) is 6.73. The van der Waals surface area contributed by atoms with Crippen LogP contribution in [0, 0.1) is 0 Å². The second-order valence-corrected chi connectivity index (χ2v) is 7.93. The minimum absolute atomic E-state index is 0.0945. The molecule has 2 fully saturated rings. The number of aliphatic carboxylic acids is 1. The van der Waals surface area contributed by atoms with Crippen molar-refractivity contribution in [3.63, 3.8) is 0 Å². The van der Waals surface area contributed by atoms with Crippen LogP contribution in [0.1, 0.15) is 13.8 Å². The second kappa shape index (κ2) is 3.13. The van der Waals surface area contributed by atoms with Crippen molar-refractivity contribution in [1.82, 2.24) is 4.90 Å². The summed E-state index contributed by atoms with van der Waals surface area (Å²) in [6, 6.07) is 0. The van der Waals surface area contributed by atoms with Gasteiger partial charge in [0.2, 0.25) is 10.4 Å². The number of carbonyl (C=O) groups excluding carboxylic acids is 1. The van der Waals surface area contributed by atoms with Crippen LogP contribution in [0.25, 0.3) is 0 Å². The number of fused-ring (bicyclic) bond motifs is 1. The predicted molar refractivity (Wildman–Crippen MR) is 64.3 cm³/mol. The first-order valence-electron chi connectivity index (χ1n) is 4.31. The Morgan fingerprint density at radius 2 is 2.13 bits per heavy atom. The summed E-state index contributed by atoms with van der Waals surface area (Å²) in [6.45, 7) is 3.65. The summed E-state index contributed by atoms with van der Waals surface area (Å²) in [7, 11) is 0. The molecule has 1 N–H and O–H groups in total. The molecule has 0 aromatic heterocycles. The number of alkyl halides is 2. The molecule has 3 atom stereocenters. The predicted octanol–water partition coefficient (Wildman–Crippen LogP) is 1.62. The zero-order valence-corrected chi connectivity index (χ0v) is 12.0. The van der Waals surface area contributed by atoms with Gasteiger partial charge in [0.15, 0.2) is 0 Å². The third kappa shape index (κ3) is 1.20. The molecule has 0 aromatic rings. The summed E-state index contributed by atoms with van der Waals surface area (Å²) in [4.78, 5) is 24.1. The van der Waals surface area contributed by atoms with E-state index in [2.05, 4.69) is 31.9 Å². The summed E-state index contributed by atoms with van der Waals surface area (Å²) >= 11 is 7.97. The maximum absolute atomic E-state index is 11.6. The molecule has 0 radical (unpaired) electrons. The van der Waals surface area contributed by atoms with Crippen LogP contribution in [0.3, 0.4) is 0 Å². The molecule has 1 amide bonds. The molecule has 15 heavy (non-hydrogen) atoms. The Kier molecular flexibility index (Phi) is 2.45. The molecule has 2 aliphatic rings. The lowest BCUT2D eigenvalue weighted by molar-refractivity contribution is -0.158. The van der Waals surface area contributed by atoms with Gasteiger partial charge < -0.3 is 10.0 Å². The van der Waals surface area contributed by atoms with Crippen molar-refractivity contribution in [3.05, 3.63) is 0 Å². The normalized spacial score (nSPS) is 42.4. The maximum atomic E-state index is 11.6. The third-order valence-corrected chi connectivity index (χ3v) is 7.63. The highest BCUT2D eigenvalue weighted by atomic mass is 79.9. The maximum Gasteiger partial charge on any atom is 0.342 e. The number of amides is 1. The van der Waals surface area contributed by atoms with Crippen molar-refractivity contribution in [2.45, 2.75) is 33.2 Å². The van der Waals surface area contributed by atoms with E-state index in [0.29, 0.717) is 0 Å². The van der Waals surface area contributed by atoms with Crippen LogP contribution >= 0.6 is 43.6 Å². The lowest BCUT2D eigenvalue weighted by atomic mass is 9.98. The number of β-lactam (4-membered cyclic amide) rings is 1. The molecule has 0 spiro atoms. The van der Waals surface area contributed by atoms with Crippen molar-refractivity contribution in [2.24, 2.45) is 0 Å². The zero-order valence-electron chi connectivity index (χ0n) is 8.03. The van der Waals surface area contributed by atoms with Crippen molar-refractivity contribution in [2.75, 3.05) is 0 Å². The molecule has 4 nitrogen and oxygen atoms in total. The average Bonchev–Trinajstić information content (AvgIpc) is 2.33. The van der Waals surface area contributed by atoms with E-state index in [1.807, 2.05) is 13.8 Å². The second-order valence-electron chi connectivity index (χ2n) is 4.06. The van der Waals surface area contributed by atoms with Crippen molar-refractivity contribution >= 4 is 55.5 Å². The quantitative estimate of drug-likeness (QED) is 0.439. The fourth-order valence-electron chi connectivity index (χ4n) is 1.90. The van der Waals surface area contributed by atoms with E-state index < -0.39 is 15.2 Å². The van der Waals surface area contributed by atoms with Gasteiger partial charge in [-0.05, 0) is 29.8 Å². The van der Waals surface area contributed by atoms with Gasteiger partial charge in [0.1, 0.15) is 10.2 Å². The number of thioether (sulfide) groups is 1. The fraction of sp³-hybridized carbons (Fsp3) is 0.750. The summed E-state index contributed by atoms with van der Waals surface area (Å²) in [6.07, 6.45) is 0. The van der Waals surface area contributed by atoms with Crippen LogP contribution in [0.15, 0.2) is 0 Å². The van der Waals surface area contributed by atoms with Gasteiger partial charge in [0.25, 0.3) is 0 Å². The molecule has 2 aliphatic heterocycles. The summed E-state index contributed by atoms with van der Waals surface area (Å²) in [5.41, 5.74) is 0. The van der Waals surface area contributed by atoms with Crippen LogP contribution in [0.4, 0.5) is 0 Å². The number of carbonyl (C=O) groups is 2. The van der Waals surface area contributed by atoms with Crippen LogP contribution in [-0.2, 0) is 9.59 Å². The van der Waals surface area contributed by atoms with Crippen LogP contribution < -0.4 is 0 Å². The highest BCUT2D eigenvalue weighted by Crippen LogP contribution is 2.60. The molecule has 1 unspecified atom stereocenters. The highest BCUT2D eigenvalue weighted by Gasteiger charge is 2.71. The standard InChI is InChI=1S/C8H9Br2NO3S/c1-7(2)8(10,6(13)14)11-4(12)3(9)5(11)15-7/h3,5H,1-2H3,(H,13,14)/t3?,5-,8+/m1/s1. The number of carboxylic acids is 1. The zero-order chi connectivity index (χ0) is 11.6. The lowest BCUT2D eigenvalue weighted by Crippen LogP contribution is -2.68. The van der Waals surface area contributed by atoms with Gasteiger partial charge in [-0.25, -0.2) is 4.79 Å². The largest absolute Gasteiger partial charge is 0.479 e. The topological polar surface area (TPSA) is 57.6 Å². The molecule has 84 valence electrons. The molecule has 0 aliphatic carbocycles. The molecule has 2 heterocycles. The van der Waals surface area contributed by atoms with E-state index in [0.717, 1.165) is 0 Å². The van der Waals surface area contributed by atoms with Gasteiger partial charge in [0.05, 0.1) is 4.75 Å². The number of hydrogen-bond donors (Lipinski definition) is 1. The molecular formula is C8H9Br2NO3S. The van der Waals surface area contributed by atoms with Gasteiger partial charge in [-0.15, -0.1) is 11.8 Å². The van der Waals surface area contributed by atoms with E-state index in [-0.39, 0.29) is 16.1 Å². The van der Waals surface area contributed by atoms with Crippen LogP contribution in [0.5, 0.6) is 0 Å². The molecule has 2 saturated heterocycles. The molecule has 0 saturated carbocycles. The smallest absolute Gasteiger partial charge is 0.342 e. The van der Waals surface area contributed by atoms with Gasteiger partial charge in [-0.3, -0.25) is 4.79 Å². The molecular weight excluding hydrogens is 350 g/mol. The van der Waals surface area contributed by atoms with Crippen molar-refractivity contribution in [1.29, 1.82) is 0 Å². The average molecular weight is 359 g/mol. The minimum Gasteiger partial charge on any atom is -0.479 e. The third-order valence-electron chi connectivity index (χ3n) is 2.81. The summed E-state index contributed by atoms with van der Waals surface area (Å²) in [5.74, 6) is -1.19. The Morgan fingerprint density at radius 3 is 2.60 bits per heavy atom. The lowest BCUT2D eigenvalue weighted by Gasteiger charge is -2.45. The number of rotatable bonds is 1. The SMILES string of the molecule is CC1(C)S[C@@H]2C(Br)C(=O)N2[C@@]1(Br)C(=O)O. The number of hydrogen-bond acceptors (Lipinski definition) is 3. The summed E-state index contributed by atoms with van der Waals surface area (Å²) < 4.78 is -1.85. The highest BCUT2D eigenvalue weighted by molar-refractivity contribution is 9.10. The Hall–Kier alpha value is 0.250. The van der Waals surface area contributed by atoms with E-state index in [1.165, 1.54) is 16.7 Å². The Balaban J connectivity index is 2.46. The number of carboxylic acid groups (broad SMARTS) is 1. The Bertz CT molecular complexity index is 362. The molecule has 0 aromatic carbocycles. The number of halogens is 2. The fourth-order valence-corrected chi connectivity index (χ4v) is 5.04. The van der Waals surface area contributed by atoms with Crippen molar-refractivity contribution < 1.29 is 14.7 Å². The summed E-state index contributed by atoms with van der Waals surface area (Å²) in [5, 5.41) is 9.17. The Labute approximate surface area is 108 Å². The number of nitrogens with zero attached hydrogens (tertiary/aromatic N) is 1. The van der Waals surface area contributed by atoms with Crippen molar-refractivity contribution in [3.8, 4) is 0 Å². The van der Waals surface area contributed by atoms with E-state index >= 15 is 0 Å². The molecule has 2 rings (SSSR count). The van der Waals surface area contributed by atoms with E-state index in [4.69, 9.17) is 0 Å². The van der Waals surface area contributed by atoms with Gasteiger partial charge in [-0.2, -0.15) is 0 Å². The first-order valence-corrected chi connectivity index (χ1v) is 6.89.